The van der Waals surface area contributed by atoms with Crippen molar-refractivity contribution in [1.29, 1.82) is 0 Å². The van der Waals surface area contributed by atoms with Gasteiger partial charge in [-0.2, -0.15) is 0 Å². The van der Waals surface area contributed by atoms with E-state index in [0.717, 1.165) is 4.57 Å². The maximum atomic E-state index is 11.9. The number of ether oxygens (including phenoxy) is 1. The monoisotopic (exact) mass is 394 g/mol. The number of fused-ring (bicyclic) bond motifs is 1. The number of carbonyl (C=O) groups is 2. The Kier molecular flexibility index (Phi) is 5.29. The van der Waals surface area contributed by atoms with Crippen molar-refractivity contribution in [1.82, 2.24) is 4.57 Å². The van der Waals surface area contributed by atoms with E-state index in [2.05, 4.69) is 5.32 Å². The number of esters is 1. The fraction of sp³-hybridized carbons (Fsp3) is 0.118. The average molecular weight is 395 g/mol. The molecule has 0 fully saturated rings. The maximum absolute atomic E-state index is 11.9. The molecule has 0 aliphatic carbocycles. The van der Waals surface area contributed by atoms with E-state index in [0.29, 0.717) is 26.8 Å². The highest BCUT2D eigenvalue weighted by atomic mass is 35.5. The molecule has 1 aromatic heterocycles. The summed E-state index contributed by atoms with van der Waals surface area (Å²) in [6.07, 6.45) is 0. The third kappa shape index (κ3) is 4.25. The number of rotatable bonds is 5. The van der Waals surface area contributed by atoms with Gasteiger partial charge < -0.3 is 14.5 Å². The van der Waals surface area contributed by atoms with E-state index in [1.54, 1.807) is 24.3 Å². The Morgan fingerprint density at radius 2 is 1.81 bits per heavy atom. The minimum atomic E-state index is -0.752. The molecule has 0 bridgehead atoms. The van der Waals surface area contributed by atoms with E-state index in [9.17, 15) is 14.4 Å². The second-order valence-corrected chi connectivity index (χ2v) is 6.16. The number of nitrogens with zero attached hydrogens (tertiary/aromatic N) is 1. The summed E-state index contributed by atoms with van der Waals surface area (Å²) in [5.41, 5.74) is 1.20. The average Bonchev–Trinajstić information content (AvgIpc) is 2.88. The quantitative estimate of drug-likeness (QED) is 0.671. The highest BCUT2D eigenvalue weighted by molar-refractivity contribution is 6.35. The zero-order valence-corrected chi connectivity index (χ0v) is 14.7. The van der Waals surface area contributed by atoms with Crippen molar-refractivity contribution in [3.63, 3.8) is 0 Å². The van der Waals surface area contributed by atoms with Crippen LogP contribution in [0, 0.1) is 0 Å². The second-order valence-electron chi connectivity index (χ2n) is 5.29. The number of oxazole rings is 1. The highest BCUT2D eigenvalue weighted by Crippen LogP contribution is 2.22. The molecular formula is C17H12Cl2N2O5. The topological polar surface area (TPSA) is 90.5 Å². The molecule has 0 aliphatic rings. The molecule has 0 unspecified atom stereocenters. The molecule has 0 aliphatic heterocycles. The van der Waals surface area contributed by atoms with Crippen LogP contribution in [0.3, 0.4) is 0 Å². The normalized spacial score (nSPS) is 10.7. The summed E-state index contributed by atoms with van der Waals surface area (Å²) < 4.78 is 11.0. The van der Waals surface area contributed by atoms with Crippen molar-refractivity contribution in [2.45, 2.75) is 6.54 Å². The van der Waals surface area contributed by atoms with Crippen molar-refractivity contribution >= 4 is 51.9 Å². The van der Waals surface area contributed by atoms with E-state index in [-0.39, 0.29) is 6.54 Å². The molecule has 0 radical (unpaired) electrons. The summed E-state index contributed by atoms with van der Waals surface area (Å²) in [6, 6.07) is 11.2. The van der Waals surface area contributed by atoms with Gasteiger partial charge in [0.05, 0.1) is 5.52 Å². The zero-order valence-electron chi connectivity index (χ0n) is 13.2. The van der Waals surface area contributed by atoms with Crippen molar-refractivity contribution in [2.75, 3.05) is 11.9 Å². The number of hydrogen-bond donors (Lipinski definition) is 1. The van der Waals surface area contributed by atoms with Crippen LogP contribution in [-0.2, 0) is 20.9 Å². The minimum Gasteiger partial charge on any atom is -0.454 e. The first-order valence-corrected chi connectivity index (χ1v) is 8.18. The molecular weight excluding hydrogens is 383 g/mol. The highest BCUT2D eigenvalue weighted by Gasteiger charge is 2.14. The van der Waals surface area contributed by atoms with Gasteiger partial charge in [-0.15, -0.1) is 0 Å². The lowest BCUT2D eigenvalue weighted by atomic mass is 10.3. The Morgan fingerprint density at radius 1 is 1.12 bits per heavy atom. The molecule has 0 saturated carbocycles. The van der Waals surface area contributed by atoms with Gasteiger partial charge in [-0.25, -0.2) is 4.79 Å². The van der Waals surface area contributed by atoms with Gasteiger partial charge in [-0.3, -0.25) is 14.2 Å². The molecule has 0 spiro atoms. The van der Waals surface area contributed by atoms with Crippen LogP contribution in [0.4, 0.5) is 5.69 Å². The Labute approximate surface area is 157 Å². The summed E-state index contributed by atoms with van der Waals surface area (Å²) in [7, 11) is 0. The molecule has 0 saturated heterocycles. The van der Waals surface area contributed by atoms with Crippen LogP contribution in [0.1, 0.15) is 0 Å². The number of aromatic nitrogens is 1. The van der Waals surface area contributed by atoms with Crippen LogP contribution in [0.25, 0.3) is 11.1 Å². The van der Waals surface area contributed by atoms with Crippen LogP contribution in [-0.4, -0.2) is 23.1 Å². The van der Waals surface area contributed by atoms with Crippen LogP contribution < -0.4 is 11.1 Å². The fourth-order valence-electron chi connectivity index (χ4n) is 2.31. The zero-order chi connectivity index (χ0) is 18.7. The standard InChI is InChI=1S/C17H12Cl2N2O5/c18-10-5-11(19)7-12(6-10)20-15(22)9-25-16(23)8-21-13-3-1-2-4-14(13)26-17(21)24/h1-7H,8-9H2,(H,20,22). The van der Waals surface area contributed by atoms with Crippen LogP contribution >= 0.6 is 23.2 Å². The fourth-order valence-corrected chi connectivity index (χ4v) is 2.83. The Morgan fingerprint density at radius 3 is 2.54 bits per heavy atom. The van der Waals surface area contributed by atoms with E-state index in [1.165, 1.54) is 18.2 Å². The van der Waals surface area contributed by atoms with Crippen LogP contribution in [0.5, 0.6) is 0 Å². The number of benzene rings is 2. The molecule has 7 nitrogen and oxygen atoms in total. The minimum absolute atomic E-state index is 0.357. The van der Waals surface area contributed by atoms with Crippen LogP contribution in [0.2, 0.25) is 10.0 Å². The van der Waals surface area contributed by atoms with Gasteiger partial charge >= 0.3 is 11.7 Å². The summed E-state index contributed by atoms with van der Waals surface area (Å²) in [4.78, 5) is 35.6. The number of para-hydroxylation sites is 2. The van der Waals surface area contributed by atoms with E-state index in [4.69, 9.17) is 32.4 Å². The predicted octanol–water partition coefficient (Wildman–Crippen LogP) is 3.08. The number of anilines is 1. The van der Waals surface area contributed by atoms with Gasteiger partial charge in [0.2, 0.25) is 0 Å². The number of nitrogens with one attached hydrogen (secondary N) is 1. The number of carbonyl (C=O) groups excluding carboxylic acids is 2. The third-order valence-corrected chi connectivity index (χ3v) is 3.81. The Balaban J connectivity index is 1.59. The van der Waals surface area contributed by atoms with E-state index >= 15 is 0 Å². The van der Waals surface area contributed by atoms with E-state index < -0.39 is 24.2 Å². The van der Waals surface area contributed by atoms with Gasteiger partial charge in [-0.05, 0) is 30.3 Å². The molecule has 1 amide bonds. The van der Waals surface area contributed by atoms with Crippen molar-refractivity contribution in [3.8, 4) is 0 Å². The molecule has 3 aromatic rings. The first-order valence-electron chi connectivity index (χ1n) is 7.42. The van der Waals surface area contributed by atoms with Gasteiger partial charge in [-0.1, -0.05) is 35.3 Å². The number of amides is 1. The molecule has 1 heterocycles. The van der Waals surface area contributed by atoms with E-state index in [1.807, 2.05) is 0 Å². The van der Waals surface area contributed by atoms with Crippen LogP contribution in [0.15, 0.2) is 51.7 Å². The first kappa shape index (κ1) is 18.0. The summed E-state index contributed by atoms with van der Waals surface area (Å²) in [5, 5.41) is 3.22. The lowest BCUT2D eigenvalue weighted by Gasteiger charge is -2.07. The molecule has 3 rings (SSSR count). The lowest BCUT2D eigenvalue weighted by Crippen LogP contribution is -2.25. The number of hydrogen-bond acceptors (Lipinski definition) is 5. The molecule has 1 N–H and O–H groups in total. The smallest absolute Gasteiger partial charge is 0.420 e. The molecule has 0 atom stereocenters. The molecule has 9 heteroatoms. The summed E-state index contributed by atoms with van der Waals surface area (Å²) >= 11 is 11.7. The summed E-state index contributed by atoms with van der Waals surface area (Å²) in [5.74, 6) is -2.00. The van der Waals surface area contributed by atoms with Crippen molar-refractivity contribution < 1.29 is 18.7 Å². The second kappa shape index (κ2) is 7.63. The number of halogens is 2. The largest absolute Gasteiger partial charge is 0.454 e. The SMILES string of the molecule is O=C(COC(=O)Cn1c(=O)oc2ccccc21)Nc1cc(Cl)cc(Cl)c1. The van der Waals surface area contributed by atoms with Gasteiger partial charge in [0, 0.05) is 15.7 Å². The van der Waals surface area contributed by atoms with Gasteiger partial charge in [0.1, 0.15) is 6.54 Å². The maximum Gasteiger partial charge on any atom is 0.420 e. The Hall–Kier alpha value is -2.77. The van der Waals surface area contributed by atoms with Crippen molar-refractivity contribution in [3.05, 3.63) is 63.1 Å². The lowest BCUT2D eigenvalue weighted by molar-refractivity contribution is -0.147. The van der Waals surface area contributed by atoms with Crippen molar-refractivity contribution in [2.24, 2.45) is 0 Å². The molecule has 26 heavy (non-hydrogen) atoms. The first-order chi connectivity index (χ1) is 12.4. The summed E-state index contributed by atoms with van der Waals surface area (Å²) in [6.45, 7) is -0.889. The Bertz CT molecular complexity index is 1020. The molecule has 134 valence electrons. The van der Waals surface area contributed by atoms with Gasteiger partial charge in [0.15, 0.2) is 12.2 Å². The predicted molar refractivity (Wildman–Crippen MR) is 96.5 cm³/mol. The van der Waals surface area contributed by atoms with Gasteiger partial charge in [0.25, 0.3) is 5.91 Å². The third-order valence-electron chi connectivity index (χ3n) is 3.37. The molecule has 2 aromatic carbocycles.